The molecule has 0 radical (unpaired) electrons. The molecule has 1 N–H and O–H groups in total. The van der Waals surface area contributed by atoms with Gasteiger partial charge in [-0.2, -0.15) is 5.26 Å². The summed E-state index contributed by atoms with van der Waals surface area (Å²) in [4.78, 5) is 12.0. The summed E-state index contributed by atoms with van der Waals surface area (Å²) < 4.78 is 5.47. The van der Waals surface area contributed by atoms with Gasteiger partial charge in [0.15, 0.2) is 0 Å². The number of hydrogen-bond donors (Lipinski definition) is 1. The zero-order valence-electron chi connectivity index (χ0n) is 10.0. The Kier molecular flexibility index (Phi) is 3.17. The molecule has 0 aliphatic heterocycles. The largest absolute Gasteiger partial charge is 0.507 e. The van der Waals surface area contributed by atoms with Gasteiger partial charge in [-0.3, -0.25) is 4.79 Å². The first kappa shape index (κ1) is 12.3. The van der Waals surface area contributed by atoms with Gasteiger partial charge in [-0.1, -0.05) is 25.1 Å². The Bertz CT molecular complexity index is 557. The molecule has 18 heavy (non-hydrogen) atoms. The van der Waals surface area contributed by atoms with Crippen molar-refractivity contribution in [1.82, 2.24) is 0 Å². The first-order chi connectivity index (χ1) is 8.65. The fourth-order valence-corrected chi connectivity index (χ4v) is 2.03. The topological polar surface area (TPSA) is 70.3 Å². The first-order valence-electron chi connectivity index (χ1n) is 5.76. The molecular formula is C14H13NO3. The summed E-state index contributed by atoms with van der Waals surface area (Å²) in [6, 6.07) is 6.77. The number of benzene rings is 1. The van der Waals surface area contributed by atoms with Gasteiger partial charge in [0.1, 0.15) is 11.8 Å². The van der Waals surface area contributed by atoms with Crippen molar-refractivity contribution in [2.45, 2.75) is 18.9 Å². The highest BCUT2D eigenvalue weighted by molar-refractivity contribution is 6.06. The average molecular weight is 243 g/mol. The average Bonchev–Trinajstić information content (AvgIpc) is 2.39. The Labute approximate surface area is 105 Å². The van der Waals surface area contributed by atoms with Crippen molar-refractivity contribution in [1.29, 1.82) is 5.26 Å². The lowest BCUT2D eigenvalue weighted by Crippen LogP contribution is -2.39. The number of carbonyl (C=O) groups excluding carboxylic acids is 1. The monoisotopic (exact) mass is 243 g/mol. The number of ether oxygens (including phenoxy) is 1. The van der Waals surface area contributed by atoms with Crippen LogP contribution in [0.4, 0.5) is 0 Å². The van der Waals surface area contributed by atoms with Crippen LogP contribution in [-0.2, 0) is 15.1 Å². The van der Waals surface area contributed by atoms with Crippen molar-refractivity contribution in [3.8, 4) is 11.8 Å². The molecule has 92 valence electrons. The maximum atomic E-state index is 12.0. The van der Waals surface area contributed by atoms with Crippen LogP contribution in [0.25, 0.3) is 6.08 Å². The van der Waals surface area contributed by atoms with E-state index in [-0.39, 0.29) is 17.9 Å². The number of carbonyl (C=O) groups is 1. The van der Waals surface area contributed by atoms with Crippen molar-refractivity contribution in [3.05, 3.63) is 35.4 Å². The van der Waals surface area contributed by atoms with Gasteiger partial charge in [-0.25, -0.2) is 0 Å². The Balaban J connectivity index is 2.63. The minimum Gasteiger partial charge on any atom is -0.507 e. The molecule has 4 nitrogen and oxygen atoms in total. The van der Waals surface area contributed by atoms with E-state index in [0.717, 1.165) is 0 Å². The fraction of sp³-hybridized carbons (Fsp3) is 0.286. The second-order valence-electron chi connectivity index (χ2n) is 4.08. The minimum absolute atomic E-state index is 0.0946. The molecular weight excluding hydrogens is 230 g/mol. The molecule has 2 rings (SSSR count). The van der Waals surface area contributed by atoms with Gasteiger partial charge in [0.25, 0.3) is 0 Å². The van der Waals surface area contributed by atoms with E-state index in [1.54, 1.807) is 18.2 Å². The van der Waals surface area contributed by atoms with Crippen LogP contribution in [0.15, 0.2) is 24.3 Å². The quantitative estimate of drug-likeness (QED) is 0.882. The Morgan fingerprint density at radius 3 is 2.89 bits per heavy atom. The predicted octanol–water partition coefficient (Wildman–Crippen LogP) is 2.13. The normalized spacial score (nSPS) is 21.4. The molecule has 0 fully saturated rings. The zero-order valence-corrected chi connectivity index (χ0v) is 10.0. The van der Waals surface area contributed by atoms with Crippen LogP contribution in [0.2, 0.25) is 0 Å². The van der Waals surface area contributed by atoms with Crippen molar-refractivity contribution < 1.29 is 14.6 Å². The van der Waals surface area contributed by atoms with E-state index < -0.39 is 11.4 Å². The van der Waals surface area contributed by atoms with E-state index in [1.165, 1.54) is 12.1 Å². The summed E-state index contributed by atoms with van der Waals surface area (Å²) in [6.07, 6.45) is 3.59. The molecule has 1 aliphatic rings. The van der Waals surface area contributed by atoms with Crippen LogP contribution in [-0.4, -0.2) is 17.5 Å². The standard InChI is InChI=1S/C14H13NO3/c1-2-8-18-14(9-15)12(17)7-6-10-4-3-5-11(16)13(10)14/h3-7,16H,2,8H2,1H3. The number of hydrogen-bond acceptors (Lipinski definition) is 4. The number of phenolic OH excluding ortho intramolecular Hbond substituents is 1. The summed E-state index contributed by atoms with van der Waals surface area (Å²) in [5.41, 5.74) is -0.841. The third kappa shape index (κ3) is 1.69. The molecule has 0 spiro atoms. The second-order valence-corrected chi connectivity index (χ2v) is 4.08. The van der Waals surface area contributed by atoms with E-state index in [1.807, 2.05) is 13.0 Å². The highest BCUT2D eigenvalue weighted by atomic mass is 16.5. The van der Waals surface area contributed by atoms with E-state index in [4.69, 9.17) is 4.74 Å². The summed E-state index contributed by atoms with van der Waals surface area (Å²) in [5, 5.41) is 19.3. The summed E-state index contributed by atoms with van der Waals surface area (Å²) in [7, 11) is 0. The molecule has 0 aromatic heterocycles. The van der Waals surface area contributed by atoms with E-state index in [2.05, 4.69) is 0 Å². The van der Waals surface area contributed by atoms with E-state index >= 15 is 0 Å². The van der Waals surface area contributed by atoms with Gasteiger partial charge < -0.3 is 9.84 Å². The maximum absolute atomic E-state index is 12.0. The summed E-state index contributed by atoms with van der Waals surface area (Å²) in [6.45, 7) is 2.17. The number of phenols is 1. The highest BCUT2D eigenvalue weighted by Gasteiger charge is 2.45. The van der Waals surface area contributed by atoms with Crippen LogP contribution in [0.3, 0.4) is 0 Å². The molecule has 0 amide bonds. The molecule has 0 bridgehead atoms. The van der Waals surface area contributed by atoms with E-state index in [0.29, 0.717) is 12.0 Å². The maximum Gasteiger partial charge on any atom is 0.246 e. The van der Waals surface area contributed by atoms with Crippen molar-refractivity contribution >= 4 is 11.9 Å². The van der Waals surface area contributed by atoms with Crippen LogP contribution in [0.5, 0.6) is 5.75 Å². The molecule has 0 saturated carbocycles. The summed E-state index contributed by atoms with van der Waals surface area (Å²) >= 11 is 0. The zero-order chi connectivity index (χ0) is 13.2. The van der Waals surface area contributed by atoms with Crippen LogP contribution < -0.4 is 0 Å². The lowest BCUT2D eigenvalue weighted by molar-refractivity contribution is -0.134. The number of aromatic hydroxyl groups is 1. The Morgan fingerprint density at radius 1 is 1.44 bits per heavy atom. The third-order valence-corrected chi connectivity index (χ3v) is 2.87. The molecule has 1 atom stereocenters. The minimum atomic E-state index is -1.72. The second kappa shape index (κ2) is 4.63. The van der Waals surface area contributed by atoms with Crippen molar-refractivity contribution in [2.75, 3.05) is 6.61 Å². The third-order valence-electron chi connectivity index (χ3n) is 2.87. The molecule has 1 aromatic rings. The number of rotatable bonds is 3. The van der Waals surface area contributed by atoms with Crippen LogP contribution in [0.1, 0.15) is 24.5 Å². The lowest BCUT2D eigenvalue weighted by atomic mass is 9.82. The number of ketones is 1. The van der Waals surface area contributed by atoms with Gasteiger partial charge in [0.2, 0.25) is 11.4 Å². The SMILES string of the molecule is CCCOC1(C#N)C(=O)C=Cc2cccc(O)c21. The summed E-state index contributed by atoms with van der Waals surface area (Å²) in [5.74, 6) is -0.546. The van der Waals surface area contributed by atoms with Gasteiger partial charge in [-0.15, -0.1) is 0 Å². The molecule has 1 aliphatic carbocycles. The van der Waals surface area contributed by atoms with Gasteiger partial charge in [-0.05, 0) is 24.1 Å². The van der Waals surface area contributed by atoms with Crippen LogP contribution in [0, 0.1) is 11.3 Å². The van der Waals surface area contributed by atoms with Crippen molar-refractivity contribution in [3.63, 3.8) is 0 Å². The molecule has 1 aromatic carbocycles. The molecule has 4 heteroatoms. The number of nitriles is 1. The first-order valence-corrected chi connectivity index (χ1v) is 5.76. The number of fused-ring (bicyclic) bond motifs is 1. The fourth-order valence-electron chi connectivity index (χ4n) is 2.03. The van der Waals surface area contributed by atoms with Gasteiger partial charge >= 0.3 is 0 Å². The number of nitrogens with zero attached hydrogens (tertiary/aromatic N) is 1. The van der Waals surface area contributed by atoms with Gasteiger partial charge in [0, 0.05) is 6.61 Å². The van der Waals surface area contributed by atoms with Crippen LogP contribution >= 0.6 is 0 Å². The Hall–Kier alpha value is -2.12. The van der Waals surface area contributed by atoms with Crippen molar-refractivity contribution in [2.24, 2.45) is 0 Å². The lowest BCUT2D eigenvalue weighted by Gasteiger charge is -2.29. The Morgan fingerprint density at radius 2 is 2.22 bits per heavy atom. The molecule has 0 heterocycles. The highest BCUT2D eigenvalue weighted by Crippen LogP contribution is 2.39. The smallest absolute Gasteiger partial charge is 0.246 e. The molecule has 1 unspecified atom stereocenters. The van der Waals surface area contributed by atoms with E-state index in [9.17, 15) is 15.2 Å². The predicted molar refractivity (Wildman–Crippen MR) is 65.7 cm³/mol. The van der Waals surface area contributed by atoms with Gasteiger partial charge in [0.05, 0.1) is 5.56 Å². The molecule has 0 saturated heterocycles.